The van der Waals surface area contributed by atoms with Crippen LogP contribution >= 0.6 is 23.0 Å². The van der Waals surface area contributed by atoms with Gasteiger partial charge in [0.15, 0.2) is 0 Å². The Labute approximate surface area is 125 Å². The van der Waals surface area contributed by atoms with E-state index in [1.54, 1.807) is 7.11 Å². The molecule has 4 nitrogen and oxygen atoms in total. The minimum atomic E-state index is -0.890. The summed E-state index contributed by atoms with van der Waals surface area (Å²) in [4.78, 5) is 0. The third-order valence-electron chi connectivity index (χ3n) is 4.25. The molecule has 4 atom stereocenters. The van der Waals surface area contributed by atoms with Crippen molar-refractivity contribution in [2.24, 2.45) is 10.8 Å². The van der Waals surface area contributed by atoms with Crippen LogP contribution in [0.2, 0.25) is 0 Å². The van der Waals surface area contributed by atoms with Crippen molar-refractivity contribution >= 4 is 30.9 Å². The lowest BCUT2D eigenvalue weighted by atomic mass is 9.61. The fraction of sp³-hybridized carbons (Fsp3) is 1.00. The molecule has 104 valence electrons. The zero-order chi connectivity index (χ0) is 14.0. The molecule has 1 rings (SSSR count). The van der Waals surface area contributed by atoms with E-state index in [4.69, 9.17) is 20.4 Å². The smallest absolute Gasteiger partial charge is 0.109 e. The second-order valence-electron chi connectivity index (χ2n) is 5.86. The summed E-state index contributed by atoms with van der Waals surface area (Å²) in [6, 6.07) is -0.890. The zero-order valence-electron chi connectivity index (χ0n) is 11.5. The van der Waals surface area contributed by atoms with E-state index >= 15 is 0 Å². The van der Waals surface area contributed by atoms with Crippen molar-refractivity contribution in [3.05, 3.63) is 0 Å². The summed E-state index contributed by atoms with van der Waals surface area (Å²) in [5.74, 6) is 0. The molecule has 18 heavy (non-hydrogen) atoms. The number of methoxy groups -OCH3 is 1. The molecule has 0 aliphatic carbocycles. The summed E-state index contributed by atoms with van der Waals surface area (Å²) in [6.07, 6.45) is -0.000370. The molecule has 6 heteroatoms. The molecule has 0 aromatic rings. The van der Waals surface area contributed by atoms with Gasteiger partial charge in [0, 0.05) is 18.5 Å². The lowest BCUT2D eigenvalue weighted by Gasteiger charge is -2.54. The molecular formula is C12H22BIO4. The lowest BCUT2D eigenvalue weighted by Crippen LogP contribution is -2.60. The number of hydrogen-bond donors (Lipinski definition) is 1. The topological polar surface area (TPSA) is 47.9 Å². The fourth-order valence-corrected chi connectivity index (χ4v) is 3.24. The highest BCUT2D eigenvalue weighted by Crippen LogP contribution is 2.49. The van der Waals surface area contributed by atoms with Crippen molar-refractivity contribution in [3.8, 4) is 0 Å². The summed E-state index contributed by atoms with van der Waals surface area (Å²) < 4.78 is 16.8. The van der Waals surface area contributed by atoms with Crippen LogP contribution in [0.25, 0.3) is 0 Å². The van der Waals surface area contributed by atoms with Gasteiger partial charge < -0.3 is 17.6 Å². The first-order valence-electron chi connectivity index (χ1n) is 6.10. The van der Waals surface area contributed by atoms with Gasteiger partial charge in [-0.3, -0.25) is 0 Å². The molecule has 0 bridgehead atoms. The number of hydrogen-bond acceptors (Lipinski definition) is 4. The second kappa shape index (κ2) is 6.39. The van der Waals surface area contributed by atoms with Crippen LogP contribution in [-0.2, 0) is 12.5 Å². The monoisotopic (exact) mass is 368 g/mol. The Bertz CT molecular complexity index is 275. The zero-order valence-corrected chi connectivity index (χ0v) is 13.6. The van der Waals surface area contributed by atoms with Gasteiger partial charge in [-0.2, -0.15) is 0 Å². The van der Waals surface area contributed by atoms with Gasteiger partial charge in [0.2, 0.25) is 0 Å². The molecule has 0 aromatic heterocycles. The molecule has 0 saturated carbocycles. The van der Waals surface area contributed by atoms with E-state index in [-0.39, 0.29) is 23.0 Å². The van der Waals surface area contributed by atoms with Gasteiger partial charge in [0.05, 0.1) is 25.4 Å². The summed E-state index contributed by atoms with van der Waals surface area (Å²) in [6.45, 7) is 7.59. The highest BCUT2D eigenvalue weighted by atomic mass is 127. The van der Waals surface area contributed by atoms with Gasteiger partial charge in [0.25, 0.3) is 0 Å². The van der Waals surface area contributed by atoms with Crippen molar-refractivity contribution in [1.82, 2.24) is 0 Å². The molecule has 2 radical (unpaired) electrons. The van der Waals surface area contributed by atoms with Crippen molar-refractivity contribution in [2.45, 2.75) is 45.4 Å². The average Bonchev–Trinajstić information content (AvgIpc) is 2.24. The van der Waals surface area contributed by atoms with Crippen LogP contribution in [0.15, 0.2) is 0 Å². The maximum Gasteiger partial charge on any atom is 0.109 e. The Hall–Kier alpha value is 0.635. The fourth-order valence-electron chi connectivity index (χ4n) is 2.60. The van der Waals surface area contributed by atoms with Crippen molar-refractivity contribution in [2.75, 3.05) is 20.3 Å². The standard InChI is InChI=1S/C12H22BIO4/c1-11(2)6-17-8(5-9(13)15)10(16-4)12(11,3)7-18-14/h8-10,15H,5-7H2,1-4H3/t8?,9?,10-,12+/m0/s1. The molecule has 1 saturated heterocycles. The molecule has 0 spiro atoms. The number of halogens is 1. The van der Waals surface area contributed by atoms with E-state index in [0.717, 1.165) is 0 Å². The Morgan fingerprint density at radius 2 is 2.11 bits per heavy atom. The predicted molar refractivity (Wildman–Crippen MR) is 78.8 cm³/mol. The second-order valence-corrected chi connectivity index (χ2v) is 6.49. The third kappa shape index (κ3) is 3.20. The van der Waals surface area contributed by atoms with E-state index in [2.05, 4.69) is 20.8 Å². The van der Waals surface area contributed by atoms with E-state index in [0.29, 0.717) is 19.6 Å². The van der Waals surface area contributed by atoms with E-state index in [1.807, 2.05) is 23.0 Å². The Balaban J connectivity index is 2.98. The van der Waals surface area contributed by atoms with E-state index < -0.39 is 6.00 Å². The van der Waals surface area contributed by atoms with Gasteiger partial charge in [-0.15, -0.1) is 0 Å². The van der Waals surface area contributed by atoms with Crippen LogP contribution < -0.4 is 0 Å². The van der Waals surface area contributed by atoms with Crippen LogP contribution in [0.4, 0.5) is 0 Å². The minimum Gasteiger partial charge on any atom is -0.403 e. The number of aliphatic hydroxyl groups excluding tert-OH is 1. The normalized spacial score (nSPS) is 37.4. The van der Waals surface area contributed by atoms with Crippen molar-refractivity contribution < 1.29 is 17.6 Å². The number of ether oxygens (including phenoxy) is 2. The lowest BCUT2D eigenvalue weighted by molar-refractivity contribution is -0.226. The largest absolute Gasteiger partial charge is 0.403 e. The van der Waals surface area contributed by atoms with Crippen LogP contribution in [-0.4, -0.2) is 51.5 Å². The number of rotatable bonds is 5. The van der Waals surface area contributed by atoms with E-state index in [1.165, 1.54) is 0 Å². The molecule has 2 unspecified atom stereocenters. The summed E-state index contributed by atoms with van der Waals surface area (Å²) in [5.41, 5.74) is -0.268. The SMILES string of the molecule is [B]C(O)CC1OCC(C)(C)[C@](C)(COI)[C@H]1OC. The molecule has 0 aromatic carbocycles. The predicted octanol–water partition coefficient (Wildman–Crippen LogP) is 1.68. The van der Waals surface area contributed by atoms with Crippen LogP contribution in [0.1, 0.15) is 27.2 Å². The molecule has 1 heterocycles. The first kappa shape index (κ1) is 16.7. The quantitative estimate of drug-likeness (QED) is 0.593. The highest BCUT2D eigenvalue weighted by molar-refractivity contribution is 14.1. The maximum absolute atomic E-state index is 9.36. The molecule has 1 fully saturated rings. The van der Waals surface area contributed by atoms with Crippen molar-refractivity contribution in [3.63, 3.8) is 0 Å². The van der Waals surface area contributed by atoms with Gasteiger partial charge in [-0.05, 0) is 11.8 Å². The molecule has 0 amide bonds. The summed E-state index contributed by atoms with van der Waals surface area (Å²) in [7, 11) is 7.12. The molecule has 1 N–H and O–H groups in total. The van der Waals surface area contributed by atoms with Gasteiger partial charge in [-0.25, -0.2) is 0 Å². The molecular weight excluding hydrogens is 346 g/mol. The first-order valence-corrected chi connectivity index (χ1v) is 6.98. The third-order valence-corrected chi connectivity index (χ3v) is 4.56. The molecule has 1 aliphatic rings. The van der Waals surface area contributed by atoms with E-state index in [9.17, 15) is 5.11 Å². The van der Waals surface area contributed by atoms with Gasteiger partial charge in [0.1, 0.15) is 30.9 Å². The van der Waals surface area contributed by atoms with Crippen LogP contribution in [0.3, 0.4) is 0 Å². The minimum absolute atomic E-state index is 0.0745. The number of aliphatic hydroxyl groups is 1. The Morgan fingerprint density at radius 3 is 2.56 bits per heavy atom. The summed E-state index contributed by atoms with van der Waals surface area (Å²) >= 11 is 1.90. The highest BCUT2D eigenvalue weighted by Gasteiger charge is 2.54. The maximum atomic E-state index is 9.36. The Kier molecular flexibility index (Phi) is 5.92. The van der Waals surface area contributed by atoms with Gasteiger partial charge in [-0.1, -0.05) is 20.8 Å². The first-order chi connectivity index (χ1) is 8.28. The summed E-state index contributed by atoms with van der Waals surface area (Å²) in [5, 5.41) is 9.36. The van der Waals surface area contributed by atoms with Crippen LogP contribution in [0, 0.1) is 10.8 Å². The Morgan fingerprint density at radius 1 is 1.50 bits per heavy atom. The van der Waals surface area contributed by atoms with Crippen LogP contribution in [0.5, 0.6) is 0 Å². The average molecular weight is 368 g/mol. The molecule has 1 aliphatic heterocycles. The van der Waals surface area contributed by atoms with Gasteiger partial charge >= 0.3 is 0 Å². The van der Waals surface area contributed by atoms with Crippen molar-refractivity contribution in [1.29, 1.82) is 0 Å².